The molecule has 0 spiro atoms. The number of methoxy groups -OCH3 is 1. The lowest BCUT2D eigenvalue weighted by Crippen LogP contribution is -2.33. The molecule has 0 aliphatic carbocycles. The Morgan fingerprint density at radius 1 is 0.848 bits per heavy atom. The maximum Gasteiger partial charge on any atom is 0.338 e. The first-order valence-electron chi connectivity index (χ1n) is 11.6. The zero-order chi connectivity index (χ0) is 24.6. The van der Waals surface area contributed by atoms with Gasteiger partial charge in [-0.25, -0.2) is 4.79 Å². The lowest BCUT2D eigenvalue weighted by Gasteiger charge is -2.50. The van der Waals surface area contributed by atoms with Crippen LogP contribution in [0.1, 0.15) is 64.4 Å². The second kappa shape index (κ2) is 12.3. The second-order valence-corrected chi connectivity index (χ2v) is 13.5. The number of carbonyl (C=O) groups is 1. The Labute approximate surface area is 201 Å². The van der Waals surface area contributed by atoms with E-state index in [2.05, 4.69) is 41.5 Å². The molecule has 0 heterocycles. The molecule has 0 aliphatic rings. The number of rotatable bonds is 12. The third-order valence-electron chi connectivity index (χ3n) is 5.60. The molecular formula is C27H40O5S. The van der Waals surface area contributed by atoms with Crippen molar-refractivity contribution in [3.8, 4) is 11.5 Å². The van der Waals surface area contributed by atoms with Gasteiger partial charge >= 0.3 is 5.97 Å². The average Bonchev–Trinajstić information content (AvgIpc) is 2.77. The molecule has 184 valence electrons. The number of hydrogen-bond acceptors (Lipinski definition) is 5. The summed E-state index contributed by atoms with van der Waals surface area (Å²) in [5.74, 6) is 0.671. The summed E-state index contributed by atoms with van der Waals surface area (Å²) >= 11 is 0. The van der Waals surface area contributed by atoms with Gasteiger partial charge in [0.1, 0.15) is 24.2 Å². The molecule has 0 fully saturated rings. The van der Waals surface area contributed by atoms with Gasteiger partial charge in [0.25, 0.3) is 0 Å². The number of esters is 1. The van der Waals surface area contributed by atoms with E-state index in [9.17, 15) is 4.79 Å². The standard InChI is InChI=1S/C27H40O5S/c1-19(2)33(20(3)4,21(5)6)31-17-22(7)32-26-15-24(27(28)29-8)14-25(16-26)30-18-23-12-10-9-11-13-23/h9-16,19-22H,17-18H2,1-8H3/t22-/m0/s1. The molecule has 6 heteroatoms. The quantitative estimate of drug-likeness (QED) is 0.316. The van der Waals surface area contributed by atoms with Crippen molar-refractivity contribution in [3.63, 3.8) is 0 Å². The smallest absolute Gasteiger partial charge is 0.338 e. The predicted molar refractivity (Wildman–Crippen MR) is 138 cm³/mol. The monoisotopic (exact) mass is 476 g/mol. The minimum absolute atomic E-state index is 0.192. The number of hydrogen-bond donors (Lipinski definition) is 0. The summed E-state index contributed by atoms with van der Waals surface area (Å²) in [6, 6.07) is 15.0. The second-order valence-electron chi connectivity index (χ2n) is 9.02. The van der Waals surface area contributed by atoms with Crippen molar-refractivity contribution in [2.75, 3.05) is 13.7 Å². The molecule has 2 aromatic carbocycles. The van der Waals surface area contributed by atoms with Gasteiger partial charge in [-0.1, -0.05) is 71.9 Å². The van der Waals surface area contributed by atoms with Gasteiger partial charge in [0.2, 0.25) is 0 Å². The minimum atomic E-state index is -1.29. The van der Waals surface area contributed by atoms with Crippen molar-refractivity contribution >= 4 is 16.3 Å². The van der Waals surface area contributed by atoms with Crippen LogP contribution in [0.5, 0.6) is 11.5 Å². The summed E-state index contributed by atoms with van der Waals surface area (Å²) in [7, 11) is 0.0786. The van der Waals surface area contributed by atoms with Crippen LogP contribution in [-0.2, 0) is 15.5 Å². The van der Waals surface area contributed by atoms with Gasteiger partial charge in [-0.15, -0.1) is 10.3 Å². The van der Waals surface area contributed by atoms with E-state index in [1.165, 1.54) is 7.11 Å². The molecule has 0 saturated heterocycles. The molecule has 2 rings (SSSR count). The molecule has 0 N–H and O–H groups in total. The van der Waals surface area contributed by atoms with Crippen LogP contribution < -0.4 is 9.47 Å². The highest BCUT2D eigenvalue weighted by Crippen LogP contribution is 2.61. The number of carbonyl (C=O) groups excluding carboxylic acids is 1. The summed E-state index contributed by atoms with van der Waals surface area (Å²) in [4.78, 5) is 12.2. The van der Waals surface area contributed by atoms with Crippen LogP contribution in [0, 0.1) is 0 Å². The Morgan fingerprint density at radius 2 is 1.42 bits per heavy atom. The van der Waals surface area contributed by atoms with Crippen molar-refractivity contribution in [1.29, 1.82) is 0 Å². The lowest BCUT2D eigenvalue weighted by molar-refractivity contribution is 0.0599. The van der Waals surface area contributed by atoms with E-state index in [1.54, 1.807) is 18.2 Å². The van der Waals surface area contributed by atoms with Gasteiger partial charge in [0.05, 0.1) is 19.3 Å². The Balaban J connectivity index is 2.16. The minimum Gasteiger partial charge on any atom is -0.489 e. The fraction of sp³-hybridized carbons (Fsp3) is 0.519. The summed E-state index contributed by atoms with van der Waals surface area (Å²) in [5.41, 5.74) is 1.43. The molecular weight excluding hydrogens is 436 g/mol. The van der Waals surface area contributed by atoms with Gasteiger partial charge in [0.15, 0.2) is 0 Å². The Hall–Kier alpha value is -2.18. The molecule has 0 aliphatic heterocycles. The summed E-state index contributed by atoms with van der Waals surface area (Å²) < 4.78 is 23.7. The van der Waals surface area contributed by atoms with E-state index in [1.807, 2.05) is 37.3 Å². The highest BCUT2D eigenvalue weighted by molar-refractivity contribution is 8.31. The first-order valence-corrected chi connectivity index (χ1v) is 13.4. The summed E-state index contributed by atoms with van der Waals surface area (Å²) in [5, 5.41) is 1.35. The zero-order valence-corrected chi connectivity index (χ0v) is 22.1. The van der Waals surface area contributed by atoms with E-state index in [0.29, 0.717) is 46.0 Å². The van der Waals surface area contributed by atoms with Crippen molar-refractivity contribution < 1.29 is 23.2 Å². The fourth-order valence-electron chi connectivity index (χ4n) is 4.22. The van der Waals surface area contributed by atoms with Gasteiger partial charge in [-0.2, -0.15) is 0 Å². The van der Waals surface area contributed by atoms with E-state index in [-0.39, 0.29) is 6.10 Å². The SMILES string of the molecule is COC(=O)c1cc(OCc2ccccc2)cc(O[C@@H](C)COS(C(C)C)(C(C)C)C(C)C)c1. The topological polar surface area (TPSA) is 54.0 Å². The van der Waals surface area contributed by atoms with Crippen molar-refractivity contribution in [3.05, 3.63) is 59.7 Å². The lowest BCUT2D eigenvalue weighted by atomic mass is 10.2. The maximum atomic E-state index is 12.2. The number of benzene rings is 2. The van der Waals surface area contributed by atoms with Crippen molar-refractivity contribution in [2.24, 2.45) is 0 Å². The van der Waals surface area contributed by atoms with Crippen LogP contribution in [0.4, 0.5) is 0 Å². The van der Waals surface area contributed by atoms with Gasteiger partial charge in [-0.05, 0) is 24.6 Å². The fourth-order valence-corrected chi connectivity index (χ4v) is 8.73. The molecule has 2 aromatic rings. The largest absolute Gasteiger partial charge is 0.489 e. The highest BCUT2D eigenvalue weighted by Gasteiger charge is 2.36. The normalized spacial score (nSPS) is 13.3. The maximum absolute atomic E-state index is 12.2. The molecule has 0 radical (unpaired) electrons. The first kappa shape index (κ1) is 27.1. The van der Waals surface area contributed by atoms with E-state index in [4.69, 9.17) is 18.4 Å². The van der Waals surface area contributed by atoms with Crippen LogP contribution in [0.15, 0.2) is 48.5 Å². The van der Waals surface area contributed by atoms with Gasteiger partial charge in [0, 0.05) is 21.8 Å². The molecule has 0 bridgehead atoms. The number of ether oxygens (including phenoxy) is 3. The van der Waals surface area contributed by atoms with Crippen LogP contribution in [0.25, 0.3) is 0 Å². The van der Waals surface area contributed by atoms with Gasteiger partial charge < -0.3 is 18.4 Å². The van der Waals surface area contributed by atoms with Crippen LogP contribution in [-0.4, -0.2) is 41.5 Å². The molecule has 5 nitrogen and oxygen atoms in total. The zero-order valence-electron chi connectivity index (χ0n) is 21.3. The molecule has 0 aromatic heterocycles. The predicted octanol–water partition coefficient (Wildman–Crippen LogP) is 6.78. The van der Waals surface area contributed by atoms with Gasteiger partial charge in [-0.3, -0.25) is 0 Å². The van der Waals surface area contributed by atoms with E-state index in [0.717, 1.165) is 5.56 Å². The third-order valence-corrected chi connectivity index (χ3v) is 10.6. The summed E-state index contributed by atoms with van der Waals surface area (Å²) in [6.45, 7) is 16.3. The van der Waals surface area contributed by atoms with Crippen LogP contribution >= 0.6 is 10.3 Å². The Kier molecular flexibility index (Phi) is 10.1. The van der Waals surface area contributed by atoms with Crippen LogP contribution in [0.2, 0.25) is 0 Å². The average molecular weight is 477 g/mol. The molecule has 33 heavy (non-hydrogen) atoms. The molecule has 0 unspecified atom stereocenters. The Bertz CT molecular complexity index is 858. The molecule has 0 amide bonds. The highest BCUT2D eigenvalue weighted by atomic mass is 32.3. The van der Waals surface area contributed by atoms with E-state index < -0.39 is 16.3 Å². The first-order chi connectivity index (χ1) is 15.6. The third kappa shape index (κ3) is 7.15. The van der Waals surface area contributed by atoms with Crippen LogP contribution in [0.3, 0.4) is 0 Å². The van der Waals surface area contributed by atoms with E-state index >= 15 is 0 Å². The molecule has 1 atom stereocenters. The summed E-state index contributed by atoms with van der Waals surface area (Å²) in [6.07, 6.45) is -0.192. The van der Waals surface area contributed by atoms with Crippen molar-refractivity contribution in [1.82, 2.24) is 0 Å². The Morgan fingerprint density at radius 3 is 1.97 bits per heavy atom. The van der Waals surface area contributed by atoms with Crippen molar-refractivity contribution in [2.45, 2.75) is 76.9 Å². The molecule has 0 saturated carbocycles.